The van der Waals surface area contributed by atoms with E-state index in [2.05, 4.69) is 37.1 Å². The van der Waals surface area contributed by atoms with Crippen molar-refractivity contribution in [3.05, 3.63) is 42.0 Å². The third-order valence-corrected chi connectivity index (χ3v) is 5.05. The van der Waals surface area contributed by atoms with Crippen LogP contribution < -0.4 is 4.90 Å². The van der Waals surface area contributed by atoms with E-state index in [1.54, 1.807) is 0 Å². The van der Waals surface area contributed by atoms with Crippen molar-refractivity contribution >= 4 is 5.95 Å². The normalized spacial score (nSPS) is 21.3. The predicted octanol–water partition coefficient (Wildman–Crippen LogP) is 2.49. The first kappa shape index (κ1) is 15.5. The molecule has 2 fully saturated rings. The number of rotatable bonds is 4. The Morgan fingerprint density at radius 1 is 1.00 bits per heavy atom. The van der Waals surface area contributed by atoms with Gasteiger partial charge in [0.1, 0.15) is 6.04 Å². The first-order chi connectivity index (χ1) is 12.8. The van der Waals surface area contributed by atoms with E-state index in [9.17, 15) is 0 Å². The zero-order valence-electron chi connectivity index (χ0n) is 14.6. The molecule has 1 unspecified atom stereocenters. The summed E-state index contributed by atoms with van der Waals surface area (Å²) < 4.78 is 11.0. The van der Waals surface area contributed by atoms with Gasteiger partial charge in [-0.25, -0.2) is 0 Å². The number of anilines is 1. The molecule has 1 saturated carbocycles. The second kappa shape index (κ2) is 6.21. The average molecular weight is 352 g/mol. The molecule has 134 valence electrons. The van der Waals surface area contributed by atoms with E-state index in [4.69, 9.17) is 9.05 Å². The topological polar surface area (TPSA) is 84.3 Å². The summed E-state index contributed by atoms with van der Waals surface area (Å²) in [6.45, 7) is 2.38. The van der Waals surface area contributed by atoms with Crippen LogP contribution in [0.15, 0.2) is 39.4 Å². The zero-order valence-corrected chi connectivity index (χ0v) is 14.6. The quantitative estimate of drug-likeness (QED) is 0.708. The lowest BCUT2D eigenvalue weighted by Crippen LogP contribution is -2.47. The maximum absolute atomic E-state index is 5.54. The third-order valence-electron chi connectivity index (χ3n) is 5.05. The van der Waals surface area contributed by atoms with E-state index in [0.717, 1.165) is 37.3 Å². The highest BCUT2D eigenvalue weighted by molar-refractivity contribution is 5.54. The van der Waals surface area contributed by atoms with Crippen LogP contribution in [0.3, 0.4) is 0 Å². The summed E-state index contributed by atoms with van der Waals surface area (Å²) in [5.41, 5.74) is 0.919. The van der Waals surface area contributed by atoms with Crippen LogP contribution in [0.2, 0.25) is 0 Å². The number of aromatic nitrogens is 4. The third kappa shape index (κ3) is 2.86. The van der Waals surface area contributed by atoms with Crippen LogP contribution in [0.4, 0.5) is 5.95 Å². The second-order valence-corrected chi connectivity index (χ2v) is 6.97. The fourth-order valence-electron chi connectivity index (χ4n) is 3.25. The molecule has 8 nitrogen and oxygen atoms in total. The molecule has 3 aromatic rings. The van der Waals surface area contributed by atoms with Gasteiger partial charge in [0.05, 0.1) is 0 Å². The van der Waals surface area contributed by atoms with Gasteiger partial charge in [-0.1, -0.05) is 23.4 Å². The Bertz CT molecular complexity index is 888. The Kier molecular flexibility index (Phi) is 3.70. The molecule has 0 bridgehead atoms. The van der Waals surface area contributed by atoms with Gasteiger partial charge >= 0.3 is 0 Å². The minimum absolute atomic E-state index is 0.0300. The van der Waals surface area contributed by atoms with E-state index >= 15 is 0 Å². The van der Waals surface area contributed by atoms with Crippen LogP contribution in [0.1, 0.15) is 36.5 Å². The van der Waals surface area contributed by atoms with Crippen molar-refractivity contribution < 1.29 is 9.05 Å². The van der Waals surface area contributed by atoms with Gasteiger partial charge in [-0.05, 0) is 37.2 Å². The van der Waals surface area contributed by atoms with Gasteiger partial charge in [-0.3, -0.25) is 4.90 Å². The maximum atomic E-state index is 5.54. The highest BCUT2D eigenvalue weighted by Gasteiger charge is 2.34. The van der Waals surface area contributed by atoms with Gasteiger partial charge in [-0.15, -0.1) is 0 Å². The van der Waals surface area contributed by atoms with E-state index in [1.165, 1.54) is 0 Å². The molecular weight excluding hydrogens is 332 g/mol. The molecule has 26 heavy (non-hydrogen) atoms. The maximum Gasteiger partial charge on any atom is 0.266 e. The van der Waals surface area contributed by atoms with Gasteiger partial charge in [0.2, 0.25) is 5.89 Å². The van der Waals surface area contributed by atoms with Crippen LogP contribution >= 0.6 is 0 Å². The molecule has 2 aliphatic rings. The zero-order chi connectivity index (χ0) is 17.5. The van der Waals surface area contributed by atoms with Gasteiger partial charge in [0.15, 0.2) is 5.82 Å². The summed E-state index contributed by atoms with van der Waals surface area (Å²) in [5.74, 6) is 3.14. The molecule has 1 atom stereocenters. The smallest absolute Gasteiger partial charge is 0.266 e. The largest absolute Gasteiger partial charge is 0.338 e. The molecule has 0 radical (unpaired) electrons. The Morgan fingerprint density at radius 3 is 2.65 bits per heavy atom. The van der Waals surface area contributed by atoms with Gasteiger partial charge in [0.25, 0.3) is 11.8 Å². The second-order valence-electron chi connectivity index (χ2n) is 6.97. The summed E-state index contributed by atoms with van der Waals surface area (Å²) in [7, 11) is 2.08. The highest BCUT2D eigenvalue weighted by Crippen LogP contribution is 2.39. The number of likely N-dealkylation sites (N-methyl/N-ethyl adjacent to an activating group) is 1. The van der Waals surface area contributed by atoms with Crippen LogP contribution in [0.25, 0.3) is 11.5 Å². The molecule has 1 aromatic carbocycles. The first-order valence-electron chi connectivity index (χ1n) is 8.96. The van der Waals surface area contributed by atoms with Crippen molar-refractivity contribution in [3.8, 4) is 11.5 Å². The lowest BCUT2D eigenvalue weighted by molar-refractivity contribution is 0.176. The van der Waals surface area contributed by atoms with Crippen molar-refractivity contribution in [1.82, 2.24) is 25.2 Å². The molecule has 1 aliphatic carbocycles. The van der Waals surface area contributed by atoms with Crippen molar-refractivity contribution in [1.29, 1.82) is 0 Å². The summed E-state index contributed by atoms with van der Waals surface area (Å²) in [5, 5.41) is 8.32. The Morgan fingerprint density at radius 2 is 1.85 bits per heavy atom. The lowest BCUT2D eigenvalue weighted by atomic mass is 10.2. The van der Waals surface area contributed by atoms with Crippen LogP contribution in [0.5, 0.6) is 0 Å². The van der Waals surface area contributed by atoms with E-state index in [-0.39, 0.29) is 6.04 Å². The van der Waals surface area contributed by atoms with Gasteiger partial charge < -0.3 is 13.9 Å². The monoisotopic (exact) mass is 352 g/mol. The van der Waals surface area contributed by atoms with Gasteiger partial charge in [-0.2, -0.15) is 9.97 Å². The number of piperazine rings is 1. The highest BCUT2D eigenvalue weighted by atomic mass is 16.5. The fourth-order valence-corrected chi connectivity index (χ4v) is 3.25. The molecular formula is C18H20N6O2. The molecule has 5 rings (SSSR count). The fraction of sp³-hybridized carbons (Fsp3) is 0.444. The molecule has 0 amide bonds. The van der Waals surface area contributed by atoms with E-state index in [1.807, 2.05) is 30.3 Å². The number of benzene rings is 1. The number of nitrogens with zero attached hydrogens (tertiary/aromatic N) is 6. The van der Waals surface area contributed by atoms with E-state index in [0.29, 0.717) is 30.2 Å². The predicted molar refractivity (Wildman–Crippen MR) is 93.6 cm³/mol. The van der Waals surface area contributed by atoms with Crippen LogP contribution in [0, 0.1) is 0 Å². The number of hydrogen-bond acceptors (Lipinski definition) is 8. The summed E-state index contributed by atoms with van der Waals surface area (Å²) >= 11 is 0. The SMILES string of the molecule is CN1CCN(c2noc(-c3ccccc3)n2)CC1c1nc(C2CC2)no1. The molecule has 1 saturated heterocycles. The average Bonchev–Trinajstić information content (AvgIpc) is 3.21. The van der Waals surface area contributed by atoms with Gasteiger partial charge in [0, 0.05) is 31.1 Å². The molecule has 1 aliphatic heterocycles. The number of hydrogen-bond donors (Lipinski definition) is 0. The molecule has 8 heteroatoms. The van der Waals surface area contributed by atoms with E-state index < -0.39 is 0 Å². The molecule has 2 aromatic heterocycles. The molecule has 3 heterocycles. The Hall–Kier alpha value is -2.74. The molecule has 0 N–H and O–H groups in total. The lowest BCUT2D eigenvalue weighted by Gasteiger charge is -2.36. The molecule has 0 spiro atoms. The van der Waals surface area contributed by atoms with Crippen molar-refractivity contribution in [3.63, 3.8) is 0 Å². The van der Waals surface area contributed by atoms with Crippen molar-refractivity contribution in [2.75, 3.05) is 31.6 Å². The Labute approximate surface area is 150 Å². The first-order valence-corrected chi connectivity index (χ1v) is 8.96. The summed E-state index contributed by atoms with van der Waals surface area (Å²) in [4.78, 5) is 13.5. The standard InChI is InChI=1S/C18H20N6O2/c1-23-9-10-24(11-14(23)17-19-15(21-26-17)12-7-8-12)18-20-16(25-22-18)13-5-3-2-4-6-13/h2-6,12,14H,7-11H2,1H3. The van der Waals surface area contributed by atoms with Crippen molar-refractivity contribution in [2.45, 2.75) is 24.8 Å². The van der Waals surface area contributed by atoms with Crippen molar-refractivity contribution in [2.24, 2.45) is 0 Å². The minimum Gasteiger partial charge on any atom is -0.338 e. The summed E-state index contributed by atoms with van der Waals surface area (Å²) in [6.07, 6.45) is 2.33. The van der Waals surface area contributed by atoms with Crippen LogP contribution in [-0.2, 0) is 0 Å². The van der Waals surface area contributed by atoms with Crippen LogP contribution in [-0.4, -0.2) is 51.9 Å². The summed E-state index contributed by atoms with van der Waals surface area (Å²) in [6, 6.07) is 9.83. The Balaban J connectivity index is 1.36. The minimum atomic E-state index is 0.0300.